The van der Waals surface area contributed by atoms with Gasteiger partial charge in [-0.1, -0.05) is 27.7 Å². The van der Waals surface area contributed by atoms with Gasteiger partial charge in [-0.25, -0.2) is 0 Å². The molecular formula is C13H28N2O. The number of hydrogen-bond donors (Lipinski definition) is 2. The van der Waals surface area contributed by atoms with Crippen LogP contribution in [0.4, 0.5) is 0 Å². The lowest BCUT2D eigenvalue weighted by Crippen LogP contribution is -2.39. The molecule has 16 heavy (non-hydrogen) atoms. The summed E-state index contributed by atoms with van der Waals surface area (Å²) in [4.78, 5) is 11.7. The van der Waals surface area contributed by atoms with Crippen molar-refractivity contribution >= 4 is 5.91 Å². The van der Waals surface area contributed by atoms with Crippen molar-refractivity contribution in [3.8, 4) is 0 Å². The van der Waals surface area contributed by atoms with Gasteiger partial charge in [-0.2, -0.15) is 0 Å². The van der Waals surface area contributed by atoms with Crippen molar-refractivity contribution in [2.75, 3.05) is 13.6 Å². The molecule has 0 aromatic rings. The second-order valence-electron chi connectivity index (χ2n) is 5.97. The van der Waals surface area contributed by atoms with Crippen molar-refractivity contribution in [1.82, 2.24) is 10.6 Å². The van der Waals surface area contributed by atoms with E-state index < -0.39 is 0 Å². The van der Waals surface area contributed by atoms with E-state index in [1.165, 1.54) is 0 Å². The van der Waals surface area contributed by atoms with Crippen molar-refractivity contribution in [3.05, 3.63) is 0 Å². The zero-order valence-corrected chi connectivity index (χ0v) is 11.7. The number of hydrogen-bond acceptors (Lipinski definition) is 2. The third kappa shape index (κ3) is 7.69. The SMILES string of the molecule is CNCC(C)C(=O)NC(C)CCC(C)(C)C. The first-order valence-corrected chi connectivity index (χ1v) is 6.21. The second kappa shape index (κ2) is 6.89. The van der Waals surface area contributed by atoms with Crippen LogP contribution in [0.5, 0.6) is 0 Å². The number of rotatable bonds is 6. The van der Waals surface area contributed by atoms with E-state index in [0.717, 1.165) is 19.4 Å². The third-order valence-corrected chi connectivity index (χ3v) is 2.67. The molecule has 2 N–H and O–H groups in total. The average Bonchev–Trinajstić information content (AvgIpc) is 2.14. The number of nitrogens with one attached hydrogen (secondary N) is 2. The van der Waals surface area contributed by atoms with Crippen LogP contribution < -0.4 is 10.6 Å². The quantitative estimate of drug-likeness (QED) is 0.731. The fraction of sp³-hybridized carbons (Fsp3) is 0.923. The van der Waals surface area contributed by atoms with Gasteiger partial charge < -0.3 is 10.6 Å². The number of carbonyl (C=O) groups excluding carboxylic acids is 1. The van der Waals surface area contributed by atoms with Crippen LogP contribution in [-0.4, -0.2) is 25.5 Å². The summed E-state index contributed by atoms with van der Waals surface area (Å²) in [6.45, 7) is 11.4. The van der Waals surface area contributed by atoms with Crippen LogP contribution in [0.15, 0.2) is 0 Å². The first-order valence-electron chi connectivity index (χ1n) is 6.21. The molecule has 0 spiro atoms. The highest BCUT2D eigenvalue weighted by molar-refractivity contribution is 5.78. The molecule has 0 saturated carbocycles. The Morgan fingerprint density at radius 2 is 1.81 bits per heavy atom. The first-order chi connectivity index (χ1) is 7.26. The lowest BCUT2D eigenvalue weighted by Gasteiger charge is -2.22. The Kier molecular flexibility index (Phi) is 6.65. The van der Waals surface area contributed by atoms with E-state index in [9.17, 15) is 4.79 Å². The minimum absolute atomic E-state index is 0.0436. The Balaban J connectivity index is 3.87. The Morgan fingerprint density at radius 3 is 2.25 bits per heavy atom. The van der Waals surface area contributed by atoms with Crippen LogP contribution in [0.25, 0.3) is 0 Å². The Hall–Kier alpha value is -0.570. The normalized spacial score (nSPS) is 15.6. The number of amides is 1. The molecule has 96 valence electrons. The van der Waals surface area contributed by atoms with Crippen molar-refractivity contribution in [3.63, 3.8) is 0 Å². The summed E-state index contributed by atoms with van der Waals surface area (Å²) in [6, 6.07) is 0.269. The van der Waals surface area contributed by atoms with Gasteiger partial charge in [-0.05, 0) is 32.2 Å². The summed E-state index contributed by atoms with van der Waals surface area (Å²) in [5.41, 5.74) is 0.343. The van der Waals surface area contributed by atoms with Gasteiger partial charge in [0.15, 0.2) is 0 Å². The highest BCUT2D eigenvalue weighted by Gasteiger charge is 2.16. The molecule has 1 amide bonds. The lowest BCUT2D eigenvalue weighted by molar-refractivity contribution is -0.125. The van der Waals surface area contributed by atoms with E-state index in [4.69, 9.17) is 0 Å². The zero-order chi connectivity index (χ0) is 12.8. The Morgan fingerprint density at radius 1 is 1.25 bits per heavy atom. The molecule has 0 heterocycles. The summed E-state index contributed by atoms with van der Waals surface area (Å²) in [5.74, 6) is 0.192. The smallest absolute Gasteiger partial charge is 0.224 e. The van der Waals surface area contributed by atoms with Crippen LogP contribution in [0.2, 0.25) is 0 Å². The average molecular weight is 228 g/mol. The molecule has 0 fully saturated rings. The minimum Gasteiger partial charge on any atom is -0.353 e. The number of carbonyl (C=O) groups is 1. The first kappa shape index (κ1) is 15.4. The predicted octanol–water partition coefficient (Wildman–Crippen LogP) is 2.17. The zero-order valence-electron chi connectivity index (χ0n) is 11.7. The van der Waals surface area contributed by atoms with Crippen molar-refractivity contribution < 1.29 is 4.79 Å². The van der Waals surface area contributed by atoms with Crippen molar-refractivity contribution in [2.45, 2.75) is 53.5 Å². The highest BCUT2D eigenvalue weighted by atomic mass is 16.1. The van der Waals surface area contributed by atoms with E-state index in [-0.39, 0.29) is 17.9 Å². The summed E-state index contributed by atoms with van der Waals surface area (Å²) in [6.07, 6.45) is 2.18. The molecular weight excluding hydrogens is 200 g/mol. The molecule has 0 aliphatic rings. The molecule has 0 aliphatic carbocycles. The van der Waals surface area contributed by atoms with Crippen LogP contribution in [0, 0.1) is 11.3 Å². The van der Waals surface area contributed by atoms with E-state index in [0.29, 0.717) is 5.41 Å². The fourth-order valence-electron chi connectivity index (χ4n) is 1.51. The van der Waals surface area contributed by atoms with Crippen LogP contribution in [0.1, 0.15) is 47.5 Å². The summed E-state index contributed by atoms with van der Waals surface area (Å²) >= 11 is 0. The predicted molar refractivity (Wildman–Crippen MR) is 69.4 cm³/mol. The molecule has 0 saturated heterocycles. The monoisotopic (exact) mass is 228 g/mol. The van der Waals surface area contributed by atoms with Crippen molar-refractivity contribution in [2.24, 2.45) is 11.3 Å². The Bertz CT molecular complexity index is 208. The van der Waals surface area contributed by atoms with Gasteiger partial charge >= 0.3 is 0 Å². The maximum atomic E-state index is 11.7. The highest BCUT2D eigenvalue weighted by Crippen LogP contribution is 2.21. The molecule has 2 atom stereocenters. The van der Waals surface area contributed by atoms with Gasteiger partial charge in [0.25, 0.3) is 0 Å². The molecule has 0 aliphatic heterocycles. The van der Waals surface area contributed by atoms with Gasteiger partial charge in [0, 0.05) is 18.5 Å². The molecule has 2 unspecified atom stereocenters. The van der Waals surface area contributed by atoms with Gasteiger partial charge in [0.05, 0.1) is 0 Å². The molecule has 0 bridgehead atoms. The van der Waals surface area contributed by atoms with Gasteiger partial charge in [0.1, 0.15) is 0 Å². The van der Waals surface area contributed by atoms with E-state index >= 15 is 0 Å². The maximum absolute atomic E-state index is 11.7. The van der Waals surface area contributed by atoms with Gasteiger partial charge in [0.2, 0.25) is 5.91 Å². The summed E-state index contributed by atoms with van der Waals surface area (Å²) in [7, 11) is 1.87. The molecule has 3 heteroatoms. The fourth-order valence-corrected chi connectivity index (χ4v) is 1.51. The van der Waals surface area contributed by atoms with Gasteiger partial charge in [-0.3, -0.25) is 4.79 Å². The van der Waals surface area contributed by atoms with E-state index in [1.807, 2.05) is 14.0 Å². The van der Waals surface area contributed by atoms with Crippen LogP contribution in [0.3, 0.4) is 0 Å². The second-order valence-corrected chi connectivity index (χ2v) is 5.97. The minimum atomic E-state index is 0.0436. The largest absolute Gasteiger partial charge is 0.353 e. The molecule has 0 aromatic carbocycles. The van der Waals surface area contributed by atoms with E-state index in [1.54, 1.807) is 0 Å². The third-order valence-electron chi connectivity index (χ3n) is 2.67. The topological polar surface area (TPSA) is 41.1 Å². The van der Waals surface area contributed by atoms with E-state index in [2.05, 4.69) is 38.3 Å². The molecule has 0 rings (SSSR count). The maximum Gasteiger partial charge on any atom is 0.224 e. The van der Waals surface area contributed by atoms with Crippen LogP contribution in [-0.2, 0) is 4.79 Å². The Labute approximate surface area is 100 Å². The standard InChI is InChI=1S/C13H28N2O/c1-10(9-14-6)12(16)15-11(2)7-8-13(3,4)5/h10-11,14H,7-9H2,1-6H3,(H,15,16). The molecule has 0 aromatic heterocycles. The van der Waals surface area contributed by atoms with Crippen LogP contribution >= 0.6 is 0 Å². The molecule has 3 nitrogen and oxygen atoms in total. The molecule has 0 radical (unpaired) electrons. The summed E-state index contributed by atoms with van der Waals surface area (Å²) in [5, 5.41) is 6.08. The summed E-state index contributed by atoms with van der Waals surface area (Å²) < 4.78 is 0. The van der Waals surface area contributed by atoms with Crippen molar-refractivity contribution in [1.29, 1.82) is 0 Å². The van der Waals surface area contributed by atoms with Gasteiger partial charge in [-0.15, -0.1) is 0 Å². The lowest BCUT2D eigenvalue weighted by atomic mass is 9.89.